The van der Waals surface area contributed by atoms with E-state index in [0.29, 0.717) is 30.2 Å². The zero-order chi connectivity index (χ0) is 25.3. The van der Waals surface area contributed by atoms with Crippen molar-refractivity contribution in [1.29, 1.82) is 0 Å². The van der Waals surface area contributed by atoms with Crippen molar-refractivity contribution in [2.75, 3.05) is 56.2 Å². The molecule has 1 aromatic heterocycles. The fourth-order valence-corrected chi connectivity index (χ4v) is 4.89. The molecule has 0 spiro atoms. The summed E-state index contributed by atoms with van der Waals surface area (Å²) < 4.78 is 19.2. The Hall–Kier alpha value is -3.17. The van der Waals surface area contributed by atoms with E-state index in [-0.39, 0.29) is 11.7 Å². The number of halogens is 1. The first-order chi connectivity index (χ1) is 17.6. The van der Waals surface area contributed by atoms with Crippen LogP contribution in [0.15, 0.2) is 59.8 Å². The number of carbonyl (C=O) groups excluding carboxylic acids is 1. The number of amides is 1. The van der Waals surface area contributed by atoms with Crippen LogP contribution >= 0.6 is 11.8 Å². The second-order valence-electron chi connectivity index (χ2n) is 8.52. The van der Waals surface area contributed by atoms with Crippen molar-refractivity contribution in [1.82, 2.24) is 15.3 Å². The molecule has 0 bridgehead atoms. The maximum atomic E-state index is 14.2. The van der Waals surface area contributed by atoms with Gasteiger partial charge in [-0.1, -0.05) is 43.0 Å². The van der Waals surface area contributed by atoms with Gasteiger partial charge in [0.25, 0.3) is 5.91 Å². The summed E-state index contributed by atoms with van der Waals surface area (Å²) in [6.45, 7) is 6.03. The molecule has 1 saturated heterocycles. The maximum absolute atomic E-state index is 14.2. The molecule has 190 valence electrons. The number of methoxy groups -OCH3 is 1. The van der Waals surface area contributed by atoms with Gasteiger partial charge in [-0.2, -0.15) is 0 Å². The number of piperazine rings is 1. The highest BCUT2D eigenvalue weighted by Crippen LogP contribution is 2.26. The number of ether oxygens (including phenoxy) is 1. The molecule has 0 unspecified atom stereocenters. The van der Waals surface area contributed by atoms with Crippen LogP contribution in [0.3, 0.4) is 0 Å². The van der Waals surface area contributed by atoms with Crippen LogP contribution in [0.25, 0.3) is 0 Å². The molecule has 3 aromatic rings. The van der Waals surface area contributed by atoms with E-state index in [1.165, 1.54) is 6.07 Å². The third-order valence-electron chi connectivity index (χ3n) is 6.05. The van der Waals surface area contributed by atoms with Crippen LogP contribution in [0.2, 0.25) is 0 Å². The number of nitrogens with zero attached hydrogens (tertiary/aromatic N) is 4. The fraction of sp³-hybridized carbons (Fsp3) is 0.370. The Labute approximate surface area is 216 Å². The van der Waals surface area contributed by atoms with Crippen LogP contribution in [-0.4, -0.2) is 62.3 Å². The summed E-state index contributed by atoms with van der Waals surface area (Å²) in [5, 5.41) is 3.57. The van der Waals surface area contributed by atoms with E-state index in [2.05, 4.69) is 22.0 Å². The molecular weight excluding hydrogens is 477 g/mol. The lowest BCUT2D eigenvalue weighted by atomic mass is 10.1. The summed E-state index contributed by atoms with van der Waals surface area (Å²) in [5.41, 5.74) is 3.30. The number of carbonyl (C=O) groups is 1. The highest BCUT2D eigenvalue weighted by molar-refractivity contribution is 7.98. The molecule has 1 aliphatic heterocycles. The summed E-state index contributed by atoms with van der Waals surface area (Å²) in [6, 6.07) is 16.6. The first kappa shape index (κ1) is 25.9. The van der Waals surface area contributed by atoms with E-state index < -0.39 is 0 Å². The number of thioether (sulfide) groups is 1. The van der Waals surface area contributed by atoms with Gasteiger partial charge in [0.1, 0.15) is 11.6 Å². The van der Waals surface area contributed by atoms with Gasteiger partial charge in [-0.3, -0.25) is 4.79 Å². The number of anilines is 2. The quantitative estimate of drug-likeness (QED) is 0.250. The predicted molar refractivity (Wildman–Crippen MR) is 142 cm³/mol. The fourth-order valence-electron chi connectivity index (χ4n) is 4.07. The Morgan fingerprint density at radius 2 is 1.83 bits per heavy atom. The molecule has 9 heteroatoms. The Morgan fingerprint density at radius 1 is 1.06 bits per heavy atom. The van der Waals surface area contributed by atoms with Crippen molar-refractivity contribution in [2.45, 2.75) is 24.3 Å². The second kappa shape index (κ2) is 12.7. The molecule has 7 nitrogen and oxygen atoms in total. The van der Waals surface area contributed by atoms with E-state index in [1.807, 2.05) is 42.5 Å². The van der Waals surface area contributed by atoms with Crippen LogP contribution in [0.5, 0.6) is 0 Å². The number of benzene rings is 2. The molecule has 1 N–H and O–H groups in total. The van der Waals surface area contributed by atoms with Crippen LogP contribution < -0.4 is 15.1 Å². The minimum absolute atomic E-state index is 0.111. The van der Waals surface area contributed by atoms with Crippen molar-refractivity contribution in [2.24, 2.45) is 0 Å². The molecule has 1 amide bonds. The van der Waals surface area contributed by atoms with Gasteiger partial charge in [-0.05, 0) is 36.2 Å². The van der Waals surface area contributed by atoms with Gasteiger partial charge < -0.3 is 19.9 Å². The maximum Gasteiger partial charge on any atom is 0.251 e. The summed E-state index contributed by atoms with van der Waals surface area (Å²) in [6.07, 6.45) is 0.815. The monoisotopic (exact) mass is 509 g/mol. The molecule has 0 atom stereocenters. The lowest BCUT2D eigenvalue weighted by molar-refractivity contribution is 0.0937. The van der Waals surface area contributed by atoms with E-state index in [1.54, 1.807) is 24.9 Å². The Balaban J connectivity index is 1.40. The highest BCUT2D eigenvalue weighted by atomic mass is 32.2. The molecule has 1 aliphatic rings. The van der Waals surface area contributed by atoms with Gasteiger partial charge in [0.15, 0.2) is 5.16 Å². The number of aromatic nitrogens is 2. The van der Waals surface area contributed by atoms with Gasteiger partial charge >= 0.3 is 0 Å². The lowest BCUT2D eigenvalue weighted by Crippen LogP contribution is -2.47. The van der Waals surface area contributed by atoms with Crippen molar-refractivity contribution in [3.63, 3.8) is 0 Å². The Morgan fingerprint density at radius 3 is 2.58 bits per heavy atom. The predicted octanol–water partition coefficient (Wildman–Crippen LogP) is 4.17. The van der Waals surface area contributed by atoms with Crippen molar-refractivity contribution < 1.29 is 13.9 Å². The molecule has 0 radical (unpaired) electrons. The third kappa shape index (κ3) is 6.73. The van der Waals surface area contributed by atoms with E-state index in [9.17, 15) is 9.18 Å². The molecule has 1 fully saturated rings. The van der Waals surface area contributed by atoms with Crippen molar-refractivity contribution >= 4 is 29.2 Å². The minimum Gasteiger partial charge on any atom is -0.383 e. The molecule has 2 aromatic carbocycles. The van der Waals surface area contributed by atoms with Gasteiger partial charge in [-0.15, -0.1) is 0 Å². The van der Waals surface area contributed by atoms with Crippen molar-refractivity contribution in [3.05, 3.63) is 77.2 Å². The summed E-state index contributed by atoms with van der Waals surface area (Å²) >= 11 is 1.56. The van der Waals surface area contributed by atoms with Crippen LogP contribution in [0, 0.1) is 5.82 Å². The third-order valence-corrected chi connectivity index (χ3v) is 6.97. The number of hydrogen-bond donors (Lipinski definition) is 1. The minimum atomic E-state index is -0.184. The normalized spacial score (nSPS) is 13.6. The van der Waals surface area contributed by atoms with Crippen LogP contribution in [0.4, 0.5) is 15.9 Å². The smallest absolute Gasteiger partial charge is 0.251 e. The standard InChI is InChI=1S/C27H32FN5O2S/c1-3-22-18-25(33-14-12-32(13-15-33)24-10-5-4-9-23(24)28)31-27(30-22)36-19-20-7-6-8-21(17-20)26(34)29-11-16-35-2/h4-10,17-18H,3,11-16,19H2,1-2H3,(H,29,34). The average molecular weight is 510 g/mol. The van der Waals surface area contributed by atoms with Crippen molar-refractivity contribution in [3.8, 4) is 0 Å². The van der Waals surface area contributed by atoms with Gasteiger partial charge in [0, 0.05) is 62.9 Å². The SMILES string of the molecule is CCc1cc(N2CCN(c3ccccc3F)CC2)nc(SCc2cccc(C(=O)NCCOC)c2)n1. The molecule has 4 rings (SSSR count). The number of hydrogen-bond acceptors (Lipinski definition) is 7. The van der Waals surface area contributed by atoms with E-state index in [4.69, 9.17) is 14.7 Å². The van der Waals surface area contributed by atoms with E-state index in [0.717, 1.165) is 54.8 Å². The second-order valence-corrected chi connectivity index (χ2v) is 9.46. The van der Waals surface area contributed by atoms with Crippen LogP contribution in [0.1, 0.15) is 28.5 Å². The highest BCUT2D eigenvalue weighted by Gasteiger charge is 2.21. The first-order valence-electron chi connectivity index (χ1n) is 12.2. The zero-order valence-electron chi connectivity index (χ0n) is 20.7. The van der Waals surface area contributed by atoms with Gasteiger partial charge in [-0.25, -0.2) is 14.4 Å². The largest absolute Gasteiger partial charge is 0.383 e. The lowest BCUT2D eigenvalue weighted by Gasteiger charge is -2.37. The summed E-state index contributed by atoms with van der Waals surface area (Å²) in [4.78, 5) is 26.2. The molecule has 0 aliphatic carbocycles. The average Bonchev–Trinajstić information content (AvgIpc) is 2.92. The topological polar surface area (TPSA) is 70.6 Å². The molecule has 2 heterocycles. The van der Waals surface area contributed by atoms with E-state index >= 15 is 0 Å². The molecule has 36 heavy (non-hydrogen) atoms. The van der Waals surface area contributed by atoms with Crippen LogP contribution in [-0.2, 0) is 16.9 Å². The van der Waals surface area contributed by atoms with Gasteiger partial charge in [0.05, 0.1) is 12.3 Å². The number of rotatable bonds is 10. The zero-order valence-corrected chi connectivity index (χ0v) is 21.6. The number of para-hydroxylation sites is 1. The number of nitrogens with one attached hydrogen (secondary N) is 1. The molecule has 0 saturated carbocycles. The Kier molecular flexibility index (Phi) is 9.13. The Bertz CT molecular complexity index is 1170. The number of aryl methyl sites for hydroxylation is 1. The van der Waals surface area contributed by atoms with Gasteiger partial charge in [0.2, 0.25) is 0 Å². The summed E-state index contributed by atoms with van der Waals surface area (Å²) in [5.74, 6) is 1.27. The molecular formula is C27H32FN5O2S. The summed E-state index contributed by atoms with van der Waals surface area (Å²) in [7, 11) is 1.61. The first-order valence-corrected chi connectivity index (χ1v) is 13.2.